The molecule has 2 heterocycles. The molecule has 0 fully saturated rings. The van der Waals surface area contributed by atoms with Crippen molar-refractivity contribution in [2.45, 2.75) is 0 Å². The molecule has 2 aliphatic rings. The Morgan fingerprint density at radius 2 is 0.603 bits per heavy atom. The van der Waals surface area contributed by atoms with Crippen LogP contribution in [0.3, 0.4) is 0 Å². The molecular weight excluding hydrogens is 948 g/mol. The average molecular weight is 999 g/mol. The van der Waals surface area contributed by atoms with Gasteiger partial charge in [-0.3, -0.25) is 0 Å². The minimum absolute atomic E-state index is 0.181. The van der Waals surface area contributed by atoms with Crippen LogP contribution in [-0.2, 0) is 0 Å². The van der Waals surface area contributed by atoms with E-state index in [9.17, 15) is 0 Å². The second-order valence-electron chi connectivity index (χ2n) is 19.7. The molecule has 368 valence electrons. The van der Waals surface area contributed by atoms with Crippen LogP contribution in [0.25, 0.3) is 22.3 Å². The lowest BCUT2D eigenvalue weighted by Gasteiger charge is -2.45. The van der Waals surface area contributed by atoms with Gasteiger partial charge in [-0.15, -0.1) is 0 Å². The van der Waals surface area contributed by atoms with E-state index in [1.54, 1.807) is 0 Å². The molecule has 12 aromatic rings. The molecule has 0 unspecified atom stereocenters. The van der Waals surface area contributed by atoms with Gasteiger partial charge in [0.2, 0.25) is 0 Å². The highest BCUT2D eigenvalue weighted by Crippen LogP contribution is 2.50. The highest BCUT2D eigenvalue weighted by molar-refractivity contribution is 7.00. The topological polar surface area (TPSA) is 22.2 Å². The van der Waals surface area contributed by atoms with Crippen molar-refractivity contribution in [3.8, 4) is 33.8 Å². The molecule has 0 bridgehead atoms. The number of hydrogen-bond acceptors (Lipinski definition) is 5. The number of fused-ring (bicyclic) bond motifs is 4. The first-order chi connectivity index (χ1) is 38.7. The van der Waals surface area contributed by atoms with E-state index in [2.05, 4.69) is 299 Å². The highest BCUT2D eigenvalue weighted by atomic mass is 16.5. The van der Waals surface area contributed by atoms with Gasteiger partial charge in [0.15, 0.2) is 0 Å². The molecule has 0 radical (unpaired) electrons. The molecule has 14 rings (SSSR count). The lowest BCUT2D eigenvalue weighted by molar-refractivity contribution is 0.483. The molecule has 12 aromatic carbocycles. The fraction of sp³-hybridized carbons (Fsp3) is 0. The third kappa shape index (κ3) is 8.52. The predicted molar refractivity (Wildman–Crippen MR) is 327 cm³/mol. The minimum Gasteiger partial charge on any atom is -0.457 e. The van der Waals surface area contributed by atoms with Gasteiger partial charge in [-0.25, -0.2) is 0 Å². The first-order valence-corrected chi connectivity index (χ1v) is 26.6. The summed E-state index contributed by atoms with van der Waals surface area (Å²) in [6.45, 7) is -0.181. The van der Waals surface area contributed by atoms with E-state index in [0.717, 1.165) is 102 Å². The lowest BCUT2D eigenvalue weighted by atomic mass is 9.33. The third-order valence-electron chi connectivity index (χ3n) is 15.0. The van der Waals surface area contributed by atoms with Gasteiger partial charge in [-0.05, 0) is 148 Å². The Bertz CT molecular complexity index is 3750. The molecule has 0 aliphatic carbocycles. The zero-order chi connectivity index (χ0) is 51.8. The molecular formula is C72H51BN4O. The summed E-state index contributed by atoms with van der Waals surface area (Å²) in [5.41, 5.74) is 20.9. The molecule has 0 saturated carbocycles. The van der Waals surface area contributed by atoms with Crippen LogP contribution in [0, 0.1) is 0 Å². The van der Waals surface area contributed by atoms with Gasteiger partial charge in [0, 0.05) is 80.4 Å². The number of nitrogens with zero attached hydrogens (tertiary/aromatic N) is 4. The van der Waals surface area contributed by atoms with Crippen molar-refractivity contribution in [2.75, 3.05) is 19.6 Å². The Balaban J connectivity index is 1.07. The summed E-state index contributed by atoms with van der Waals surface area (Å²) >= 11 is 0. The van der Waals surface area contributed by atoms with E-state index >= 15 is 0 Å². The van der Waals surface area contributed by atoms with Crippen molar-refractivity contribution < 1.29 is 4.74 Å². The van der Waals surface area contributed by atoms with Crippen molar-refractivity contribution in [1.82, 2.24) is 0 Å². The van der Waals surface area contributed by atoms with Gasteiger partial charge in [0.1, 0.15) is 11.5 Å². The standard InChI is InChI=1S/C72H51BN4O/c1-8-24-52(25-9-1)54-28-22-38-60(46-54)76-68-48-62(74(56-30-12-3-13-31-56)57-32-14-4-15-33-57)42-44-66(68)73-67-45-43-63(75(58-34-16-5-17-35-58)59-36-18-6-19-37-59)49-69(67)77(61-39-23-29-55(47-61)53-26-10-2-11-27-53)71-51-65(50-70(76)72(71)73)78-64-40-20-7-21-41-64/h1-51H. The number of rotatable bonds is 12. The van der Waals surface area contributed by atoms with Gasteiger partial charge >= 0.3 is 0 Å². The van der Waals surface area contributed by atoms with Gasteiger partial charge < -0.3 is 24.3 Å². The summed E-state index contributed by atoms with van der Waals surface area (Å²) in [6.07, 6.45) is 0. The van der Waals surface area contributed by atoms with E-state index in [4.69, 9.17) is 4.74 Å². The van der Waals surface area contributed by atoms with Crippen LogP contribution in [0.2, 0.25) is 0 Å². The molecule has 0 amide bonds. The Morgan fingerprint density at radius 3 is 0.987 bits per heavy atom. The fourth-order valence-electron chi connectivity index (χ4n) is 11.6. The Labute approximate surface area is 456 Å². The minimum atomic E-state index is -0.181. The zero-order valence-corrected chi connectivity index (χ0v) is 42.7. The van der Waals surface area contributed by atoms with Crippen molar-refractivity contribution in [3.05, 3.63) is 309 Å². The lowest BCUT2D eigenvalue weighted by Crippen LogP contribution is -2.61. The number of hydrogen-bond donors (Lipinski definition) is 0. The SMILES string of the molecule is c1ccc(Oc2cc3c4c(c2)N(c2cccc(-c5ccccc5)c2)c2cc(N(c5ccccc5)c5ccccc5)ccc2B4c2ccc(N(c4ccccc4)c4ccccc4)cc2N3c2cccc(-c3ccccc3)c2)cc1. The molecule has 0 aromatic heterocycles. The third-order valence-corrected chi connectivity index (χ3v) is 15.0. The summed E-state index contributed by atoms with van der Waals surface area (Å²) < 4.78 is 7.06. The summed E-state index contributed by atoms with van der Waals surface area (Å²) in [5, 5.41) is 0. The van der Waals surface area contributed by atoms with Gasteiger partial charge in [0.25, 0.3) is 6.71 Å². The summed E-state index contributed by atoms with van der Waals surface area (Å²) in [7, 11) is 0. The van der Waals surface area contributed by atoms with Crippen molar-refractivity contribution >= 4 is 91.3 Å². The van der Waals surface area contributed by atoms with Crippen LogP contribution >= 0.6 is 0 Å². The van der Waals surface area contributed by atoms with Crippen molar-refractivity contribution in [3.63, 3.8) is 0 Å². The Morgan fingerprint density at radius 1 is 0.256 bits per heavy atom. The van der Waals surface area contributed by atoms with Gasteiger partial charge in [0.05, 0.1) is 0 Å². The van der Waals surface area contributed by atoms with Crippen LogP contribution in [0.1, 0.15) is 0 Å². The van der Waals surface area contributed by atoms with Crippen LogP contribution < -0.4 is 40.7 Å². The molecule has 5 nitrogen and oxygen atoms in total. The van der Waals surface area contributed by atoms with E-state index in [-0.39, 0.29) is 6.71 Å². The Kier molecular flexibility index (Phi) is 11.9. The fourth-order valence-corrected chi connectivity index (χ4v) is 11.6. The van der Waals surface area contributed by atoms with E-state index in [1.165, 1.54) is 16.4 Å². The molecule has 2 aliphatic heterocycles. The second-order valence-corrected chi connectivity index (χ2v) is 19.7. The van der Waals surface area contributed by atoms with Crippen LogP contribution in [0.4, 0.5) is 68.2 Å². The number of para-hydroxylation sites is 5. The second kappa shape index (κ2) is 20.1. The molecule has 0 saturated heterocycles. The van der Waals surface area contributed by atoms with E-state index in [0.29, 0.717) is 0 Å². The predicted octanol–water partition coefficient (Wildman–Crippen LogP) is 17.8. The smallest absolute Gasteiger partial charge is 0.252 e. The Hall–Kier alpha value is -10.3. The maximum atomic E-state index is 7.06. The van der Waals surface area contributed by atoms with E-state index < -0.39 is 0 Å². The monoisotopic (exact) mass is 998 g/mol. The summed E-state index contributed by atoms with van der Waals surface area (Å²) in [6, 6.07) is 111. The normalized spacial score (nSPS) is 12.0. The first-order valence-electron chi connectivity index (χ1n) is 26.6. The van der Waals surface area contributed by atoms with Gasteiger partial charge in [-0.1, -0.05) is 188 Å². The highest BCUT2D eigenvalue weighted by Gasteiger charge is 2.44. The molecule has 0 atom stereocenters. The van der Waals surface area contributed by atoms with Crippen LogP contribution in [0.15, 0.2) is 309 Å². The molecule has 6 heteroatoms. The largest absolute Gasteiger partial charge is 0.457 e. The van der Waals surface area contributed by atoms with Crippen LogP contribution in [-0.4, -0.2) is 6.71 Å². The average Bonchev–Trinajstić information content (AvgIpc) is 3.66. The number of anilines is 12. The maximum absolute atomic E-state index is 7.06. The van der Waals surface area contributed by atoms with Crippen molar-refractivity contribution in [1.29, 1.82) is 0 Å². The zero-order valence-electron chi connectivity index (χ0n) is 42.7. The van der Waals surface area contributed by atoms with Crippen LogP contribution in [0.5, 0.6) is 11.5 Å². The maximum Gasteiger partial charge on any atom is 0.252 e. The molecule has 0 spiro atoms. The summed E-state index contributed by atoms with van der Waals surface area (Å²) in [4.78, 5) is 9.69. The summed E-state index contributed by atoms with van der Waals surface area (Å²) in [5.74, 6) is 1.49. The van der Waals surface area contributed by atoms with Gasteiger partial charge in [-0.2, -0.15) is 0 Å². The number of benzene rings is 12. The first kappa shape index (κ1) is 46.3. The number of ether oxygens (including phenoxy) is 1. The quantitative estimate of drug-likeness (QED) is 0.113. The van der Waals surface area contributed by atoms with Crippen molar-refractivity contribution in [2.24, 2.45) is 0 Å². The van der Waals surface area contributed by atoms with E-state index in [1.807, 2.05) is 30.3 Å². The molecule has 78 heavy (non-hydrogen) atoms. The molecule has 0 N–H and O–H groups in total.